The number of hydrogen-bond donors (Lipinski definition) is 3. The maximum absolute atomic E-state index is 11.9. The molecule has 3 N–H and O–H groups in total. The summed E-state index contributed by atoms with van der Waals surface area (Å²) in [7, 11) is 1.60. The lowest BCUT2D eigenvalue weighted by atomic mass is 10.3. The molecule has 0 aliphatic rings. The highest BCUT2D eigenvalue weighted by atomic mass is 32.1. The van der Waals surface area contributed by atoms with Crippen LogP contribution >= 0.6 is 12.2 Å². The molecule has 1 atom stereocenters. The summed E-state index contributed by atoms with van der Waals surface area (Å²) in [6, 6.07) is 7.07. The van der Waals surface area contributed by atoms with E-state index in [1.54, 1.807) is 38.3 Å². The fourth-order valence-electron chi connectivity index (χ4n) is 1.57. The predicted molar refractivity (Wildman–Crippen MR) is 91.5 cm³/mol. The summed E-state index contributed by atoms with van der Waals surface area (Å²) in [5.41, 5.74) is 5.08. The molecule has 0 bridgehead atoms. The Labute approximate surface area is 141 Å². The first-order valence-electron chi connectivity index (χ1n) is 7.29. The zero-order valence-corrected chi connectivity index (χ0v) is 14.4. The highest BCUT2D eigenvalue weighted by Crippen LogP contribution is 2.18. The number of rotatable bonds is 8. The van der Waals surface area contributed by atoms with Gasteiger partial charge in [0.05, 0.1) is 13.2 Å². The summed E-state index contributed by atoms with van der Waals surface area (Å²) >= 11 is 4.99. The minimum atomic E-state index is -0.679. The van der Waals surface area contributed by atoms with Crippen LogP contribution in [-0.2, 0) is 9.53 Å². The van der Waals surface area contributed by atoms with E-state index in [0.29, 0.717) is 30.6 Å². The third kappa shape index (κ3) is 7.66. The molecule has 0 aliphatic heterocycles. The Balaban J connectivity index is 2.34. The van der Waals surface area contributed by atoms with Gasteiger partial charge >= 0.3 is 0 Å². The molecule has 1 aromatic carbocycles. The first kappa shape index (κ1) is 19.0. The molecular formula is C15H23N3O4S. The van der Waals surface area contributed by atoms with E-state index in [-0.39, 0.29) is 5.91 Å². The van der Waals surface area contributed by atoms with Crippen LogP contribution in [0.3, 0.4) is 0 Å². The van der Waals surface area contributed by atoms with Crippen molar-refractivity contribution in [3.63, 3.8) is 0 Å². The van der Waals surface area contributed by atoms with Gasteiger partial charge < -0.3 is 19.5 Å². The fraction of sp³-hybridized carbons (Fsp3) is 0.467. The van der Waals surface area contributed by atoms with Gasteiger partial charge in [0.1, 0.15) is 11.5 Å². The Kier molecular flexibility index (Phi) is 8.78. The van der Waals surface area contributed by atoms with E-state index in [1.807, 2.05) is 6.92 Å². The van der Waals surface area contributed by atoms with Gasteiger partial charge in [0, 0.05) is 13.7 Å². The molecule has 0 heterocycles. The molecule has 23 heavy (non-hydrogen) atoms. The third-order valence-corrected chi connectivity index (χ3v) is 2.95. The van der Waals surface area contributed by atoms with Gasteiger partial charge in [0.2, 0.25) is 0 Å². The molecule has 1 rings (SSSR count). The van der Waals surface area contributed by atoms with Crippen molar-refractivity contribution in [2.45, 2.75) is 20.0 Å². The second kappa shape index (κ2) is 10.6. The van der Waals surface area contributed by atoms with E-state index in [2.05, 4.69) is 16.2 Å². The highest BCUT2D eigenvalue weighted by Gasteiger charge is 2.14. The molecular weight excluding hydrogens is 318 g/mol. The lowest BCUT2D eigenvalue weighted by Gasteiger charge is -2.16. The van der Waals surface area contributed by atoms with Gasteiger partial charge in [-0.25, -0.2) is 0 Å². The molecule has 8 heteroatoms. The maximum Gasteiger partial charge on any atom is 0.279 e. The second-order valence-corrected chi connectivity index (χ2v) is 4.94. The van der Waals surface area contributed by atoms with Crippen LogP contribution in [0.4, 0.5) is 0 Å². The highest BCUT2D eigenvalue weighted by molar-refractivity contribution is 7.80. The average molecular weight is 341 g/mol. The van der Waals surface area contributed by atoms with Gasteiger partial charge in [-0.2, -0.15) is 0 Å². The molecule has 0 saturated carbocycles. The van der Waals surface area contributed by atoms with E-state index in [0.717, 1.165) is 5.75 Å². The molecule has 1 amide bonds. The minimum Gasteiger partial charge on any atom is -0.494 e. The molecule has 0 aromatic heterocycles. The molecule has 0 spiro atoms. The zero-order chi connectivity index (χ0) is 17.1. The molecule has 128 valence electrons. The summed E-state index contributed by atoms with van der Waals surface area (Å²) in [4.78, 5) is 11.9. The van der Waals surface area contributed by atoms with Gasteiger partial charge in [0.25, 0.3) is 5.91 Å². The van der Waals surface area contributed by atoms with Gasteiger partial charge in [-0.15, -0.1) is 0 Å². The minimum absolute atomic E-state index is 0.309. The fourth-order valence-corrected chi connectivity index (χ4v) is 1.72. The Morgan fingerprint density at radius 1 is 1.22 bits per heavy atom. The molecule has 0 aliphatic carbocycles. The number of carbonyl (C=O) groups excluding carboxylic acids is 1. The van der Waals surface area contributed by atoms with E-state index in [9.17, 15) is 4.79 Å². The maximum atomic E-state index is 11.9. The van der Waals surface area contributed by atoms with Gasteiger partial charge in [-0.1, -0.05) is 0 Å². The van der Waals surface area contributed by atoms with Crippen LogP contribution in [0.25, 0.3) is 0 Å². The first-order valence-corrected chi connectivity index (χ1v) is 7.69. The number of nitrogens with one attached hydrogen (secondary N) is 3. The third-order valence-electron chi connectivity index (χ3n) is 2.71. The molecule has 0 saturated heterocycles. The summed E-state index contributed by atoms with van der Waals surface area (Å²) in [5, 5.41) is 3.18. The Bertz CT molecular complexity index is 496. The standard InChI is InChI=1S/C15H23N3O4S/c1-4-21-12-5-7-13(8-6-12)22-11(2)14(19)17-18-15(23)16-9-10-20-3/h5-8,11H,4,9-10H2,1-3H3,(H,17,19)(H2,16,18,23)/t11-/m1/s1. The smallest absolute Gasteiger partial charge is 0.279 e. The van der Waals surface area contributed by atoms with Crippen LogP contribution in [0.15, 0.2) is 24.3 Å². The number of hydrogen-bond acceptors (Lipinski definition) is 5. The number of ether oxygens (including phenoxy) is 3. The topological polar surface area (TPSA) is 80.9 Å². The summed E-state index contributed by atoms with van der Waals surface area (Å²) < 4.78 is 15.8. The van der Waals surface area contributed by atoms with Gasteiger partial charge in [-0.05, 0) is 50.3 Å². The van der Waals surface area contributed by atoms with Crippen molar-refractivity contribution in [2.24, 2.45) is 0 Å². The van der Waals surface area contributed by atoms with Crippen molar-refractivity contribution >= 4 is 23.2 Å². The van der Waals surface area contributed by atoms with Crippen molar-refractivity contribution in [3.8, 4) is 11.5 Å². The largest absolute Gasteiger partial charge is 0.494 e. The van der Waals surface area contributed by atoms with Crippen molar-refractivity contribution in [1.29, 1.82) is 0 Å². The molecule has 1 aromatic rings. The van der Waals surface area contributed by atoms with E-state index in [1.165, 1.54) is 0 Å². The Morgan fingerprint density at radius 2 is 1.87 bits per heavy atom. The normalized spacial score (nSPS) is 11.3. The quantitative estimate of drug-likeness (QED) is 0.370. The number of thiocarbonyl (C=S) groups is 1. The van der Waals surface area contributed by atoms with Crippen molar-refractivity contribution < 1.29 is 19.0 Å². The second-order valence-electron chi connectivity index (χ2n) is 4.53. The lowest BCUT2D eigenvalue weighted by Crippen LogP contribution is -2.50. The molecule has 0 unspecified atom stereocenters. The van der Waals surface area contributed by atoms with Crippen LogP contribution in [0.5, 0.6) is 11.5 Å². The summed E-state index contributed by atoms with van der Waals surface area (Å²) in [6.45, 7) is 5.24. The SMILES string of the molecule is CCOc1ccc(O[C@H](C)C(=O)NNC(=S)NCCOC)cc1. The first-order chi connectivity index (χ1) is 11.1. The number of hydrazine groups is 1. The lowest BCUT2D eigenvalue weighted by molar-refractivity contribution is -0.127. The Morgan fingerprint density at radius 3 is 2.48 bits per heavy atom. The van der Waals surface area contributed by atoms with Gasteiger partial charge in [-0.3, -0.25) is 15.6 Å². The summed E-state index contributed by atoms with van der Waals surface area (Å²) in [6.07, 6.45) is -0.679. The van der Waals surface area contributed by atoms with Gasteiger partial charge in [0.15, 0.2) is 11.2 Å². The van der Waals surface area contributed by atoms with Crippen LogP contribution in [0.2, 0.25) is 0 Å². The Hall–Kier alpha value is -2.06. The monoisotopic (exact) mass is 341 g/mol. The van der Waals surface area contributed by atoms with E-state index >= 15 is 0 Å². The molecule has 7 nitrogen and oxygen atoms in total. The number of carbonyl (C=O) groups is 1. The van der Waals surface area contributed by atoms with Crippen molar-refractivity contribution in [1.82, 2.24) is 16.2 Å². The number of benzene rings is 1. The van der Waals surface area contributed by atoms with Crippen LogP contribution in [0, 0.1) is 0 Å². The van der Waals surface area contributed by atoms with Crippen molar-refractivity contribution in [3.05, 3.63) is 24.3 Å². The predicted octanol–water partition coefficient (Wildman–Crippen LogP) is 0.994. The van der Waals surface area contributed by atoms with E-state index < -0.39 is 6.10 Å². The van der Waals surface area contributed by atoms with E-state index in [4.69, 9.17) is 26.4 Å². The summed E-state index contributed by atoms with van der Waals surface area (Å²) in [5.74, 6) is 0.998. The van der Waals surface area contributed by atoms with Crippen LogP contribution < -0.4 is 25.6 Å². The van der Waals surface area contributed by atoms with Crippen LogP contribution in [0.1, 0.15) is 13.8 Å². The van der Waals surface area contributed by atoms with Crippen molar-refractivity contribution in [2.75, 3.05) is 26.9 Å². The number of methoxy groups -OCH3 is 1. The molecule has 0 radical (unpaired) electrons. The number of amides is 1. The molecule has 0 fully saturated rings. The van der Waals surface area contributed by atoms with Crippen LogP contribution in [-0.4, -0.2) is 44.0 Å². The average Bonchev–Trinajstić information content (AvgIpc) is 2.55. The zero-order valence-electron chi connectivity index (χ0n) is 13.5.